The Morgan fingerprint density at radius 1 is 0.648 bits per heavy atom. The molecule has 2 amide bonds. The monoisotopic (exact) mass is 956 g/mol. The Balaban J connectivity index is 0.737. The number of pyridine rings is 2. The molecule has 3 saturated carbocycles. The number of aromatic nitrogens is 8. The Bertz CT molecular complexity index is 3450. The number of amides is 2. The van der Waals surface area contributed by atoms with Crippen molar-refractivity contribution in [2.75, 3.05) is 33.9 Å². The minimum absolute atomic E-state index is 0.0100. The van der Waals surface area contributed by atoms with E-state index in [0.29, 0.717) is 71.4 Å². The number of nitrogens with zero attached hydrogens (tertiary/aromatic N) is 10. The van der Waals surface area contributed by atoms with Crippen LogP contribution < -0.4 is 25.7 Å². The van der Waals surface area contributed by atoms with Gasteiger partial charge >= 0.3 is 0 Å². The summed E-state index contributed by atoms with van der Waals surface area (Å²) in [6.07, 6.45) is 7.99. The molecule has 3 aliphatic carbocycles. The molecule has 0 spiro atoms. The number of fused-ring (bicyclic) bond motifs is 7. The van der Waals surface area contributed by atoms with Crippen molar-refractivity contribution in [1.29, 1.82) is 0 Å². The average molecular weight is 957 g/mol. The van der Waals surface area contributed by atoms with Gasteiger partial charge in [0.25, 0.3) is 11.8 Å². The minimum Gasteiger partial charge on any atom is -0.494 e. The van der Waals surface area contributed by atoms with Crippen LogP contribution in [0.5, 0.6) is 17.5 Å². The smallest absolute Gasteiger partial charge is 0.254 e. The lowest BCUT2D eigenvalue weighted by molar-refractivity contribution is 0.0249. The van der Waals surface area contributed by atoms with Crippen molar-refractivity contribution < 1.29 is 23.8 Å². The number of aryl methyl sites for hydroxylation is 2. The number of likely N-dealkylation sites (tertiary alicyclic amines) is 1. The van der Waals surface area contributed by atoms with Crippen LogP contribution in [0.1, 0.15) is 72.1 Å². The van der Waals surface area contributed by atoms with Crippen molar-refractivity contribution in [3.8, 4) is 40.5 Å². The molecule has 9 heterocycles. The summed E-state index contributed by atoms with van der Waals surface area (Å²) in [6.45, 7) is 3.23. The molecule has 71 heavy (non-hydrogen) atoms. The molecular formula is C54H60N12O5. The second kappa shape index (κ2) is 16.8. The lowest BCUT2D eigenvalue weighted by Gasteiger charge is -2.48. The van der Waals surface area contributed by atoms with E-state index in [4.69, 9.17) is 45.6 Å². The van der Waals surface area contributed by atoms with Crippen LogP contribution in [0.15, 0.2) is 66.7 Å². The Kier molecular flexibility index (Phi) is 10.4. The maximum absolute atomic E-state index is 14.2. The molecule has 17 heteroatoms. The van der Waals surface area contributed by atoms with Gasteiger partial charge < -0.3 is 53.7 Å². The third-order valence-electron chi connectivity index (χ3n) is 16.1. The summed E-state index contributed by atoms with van der Waals surface area (Å²) in [5.74, 6) is 4.76. The minimum atomic E-state index is -0.432. The van der Waals surface area contributed by atoms with E-state index in [1.54, 1.807) is 14.2 Å². The van der Waals surface area contributed by atoms with Gasteiger partial charge in [-0.3, -0.25) is 9.59 Å². The number of carbonyl (C=O) groups excluding carboxylic acids is 2. The maximum Gasteiger partial charge on any atom is 0.254 e. The summed E-state index contributed by atoms with van der Waals surface area (Å²) in [7, 11) is 7.30. The molecule has 6 aliphatic rings. The number of hydrogen-bond acceptors (Lipinski definition) is 11. The molecule has 17 nitrogen and oxygen atoms in total. The van der Waals surface area contributed by atoms with Crippen molar-refractivity contribution in [1.82, 2.24) is 48.0 Å². The van der Waals surface area contributed by atoms with Crippen LogP contribution in [-0.4, -0.2) is 118 Å². The van der Waals surface area contributed by atoms with Gasteiger partial charge in [-0.1, -0.05) is 0 Å². The quantitative estimate of drug-likeness (QED) is 0.130. The maximum atomic E-state index is 14.2. The zero-order chi connectivity index (χ0) is 48.4. The van der Waals surface area contributed by atoms with Crippen LogP contribution in [0.2, 0.25) is 0 Å². The van der Waals surface area contributed by atoms with E-state index in [-0.39, 0.29) is 30.0 Å². The first-order valence-corrected chi connectivity index (χ1v) is 25.3. The van der Waals surface area contributed by atoms with Crippen LogP contribution in [0.3, 0.4) is 0 Å². The highest BCUT2D eigenvalue weighted by atomic mass is 16.5. The Hall–Kier alpha value is -6.98. The summed E-state index contributed by atoms with van der Waals surface area (Å²) in [4.78, 5) is 52.3. The third-order valence-corrected chi connectivity index (χ3v) is 16.1. The number of nitrogens with two attached hydrogens (primary N) is 2. The van der Waals surface area contributed by atoms with E-state index in [1.807, 2.05) is 78.5 Å². The van der Waals surface area contributed by atoms with Crippen molar-refractivity contribution in [3.05, 3.63) is 77.9 Å². The molecule has 2 aromatic carbocycles. The van der Waals surface area contributed by atoms with Crippen LogP contribution >= 0.6 is 0 Å². The number of piperidine rings is 3. The molecule has 3 unspecified atom stereocenters. The second-order valence-corrected chi connectivity index (χ2v) is 21.0. The van der Waals surface area contributed by atoms with E-state index >= 15 is 0 Å². The largest absolute Gasteiger partial charge is 0.494 e. The number of ether oxygens (including phenoxy) is 3. The van der Waals surface area contributed by atoms with Crippen LogP contribution in [0, 0.1) is 17.8 Å². The third kappa shape index (κ3) is 7.57. The molecule has 366 valence electrons. The Morgan fingerprint density at radius 2 is 1.31 bits per heavy atom. The first-order valence-electron chi connectivity index (χ1n) is 25.3. The molecule has 5 atom stereocenters. The summed E-state index contributed by atoms with van der Waals surface area (Å²) < 4.78 is 26.7. The van der Waals surface area contributed by atoms with Gasteiger partial charge in [0.15, 0.2) is 11.6 Å². The first-order chi connectivity index (χ1) is 34.5. The summed E-state index contributed by atoms with van der Waals surface area (Å²) in [5.41, 5.74) is 21.3. The number of rotatable bonds is 12. The highest BCUT2D eigenvalue weighted by Crippen LogP contribution is 2.41. The van der Waals surface area contributed by atoms with Gasteiger partial charge in [-0.2, -0.15) is 9.97 Å². The van der Waals surface area contributed by atoms with Crippen molar-refractivity contribution in [3.63, 3.8) is 0 Å². The second-order valence-electron chi connectivity index (χ2n) is 21.0. The SMILES string of the molecule is COc1ccc2cc(-c3nc4cc(C(=O)N5CC[C@H](Oc6ccc7cc(-c8nc9cc(C(=O)N%10CC%11CCC%10C(N)C%11)cc(OC)c9n8C)n(CC8CC8)c7n6)[C@H](N)C5)ccc4n3C)n(CC3CC3)c2n1. The van der Waals surface area contributed by atoms with Crippen LogP contribution in [0.25, 0.3) is 67.2 Å². The molecule has 4 N–H and O–H groups in total. The lowest BCUT2D eigenvalue weighted by atomic mass is 9.76. The van der Waals surface area contributed by atoms with Crippen molar-refractivity contribution >= 4 is 55.9 Å². The average Bonchev–Trinajstić information content (AvgIpc) is 4.27. The molecule has 3 aliphatic heterocycles. The van der Waals surface area contributed by atoms with E-state index in [2.05, 4.69) is 30.4 Å². The molecular weight excluding hydrogens is 897 g/mol. The summed E-state index contributed by atoms with van der Waals surface area (Å²) in [5, 5.41) is 2.01. The van der Waals surface area contributed by atoms with Crippen LogP contribution in [-0.2, 0) is 27.2 Å². The molecule has 3 saturated heterocycles. The number of carbonyl (C=O) groups is 2. The van der Waals surface area contributed by atoms with E-state index in [9.17, 15) is 9.59 Å². The van der Waals surface area contributed by atoms with Gasteiger partial charge in [-0.05, 0) is 117 Å². The highest BCUT2D eigenvalue weighted by Gasteiger charge is 2.42. The molecule has 0 radical (unpaired) electrons. The lowest BCUT2D eigenvalue weighted by Crippen LogP contribution is -2.60. The van der Waals surface area contributed by atoms with E-state index in [0.717, 1.165) is 113 Å². The standard InChI is InChI=1S/C54H60N12O5/c1-61-41-14-10-34(20-38(41)57-51(61)42-22-32-11-15-46(70-4)59-49(32)64(42)25-29-5-6-29)53(67)63-18-17-44(37(56)28-63)71-47-16-12-33-23-43(65(50(33)60-47)26-30-7-8-30)52-58-39-21-35(24-45(69-3)48(39)62(52)2)54(68)66-27-31-9-13-40(66)36(55)19-31/h10-12,14-16,20-24,29-31,36-37,40,44H,5-9,13,17-19,25-28,55-56H2,1-4H3/t31?,36?,37-,40?,44+/m1/s1. The van der Waals surface area contributed by atoms with Crippen molar-refractivity contribution in [2.24, 2.45) is 43.3 Å². The molecule has 2 bridgehead atoms. The molecule has 8 aromatic rings. The zero-order valence-electron chi connectivity index (χ0n) is 40.8. The van der Waals surface area contributed by atoms with Gasteiger partial charge in [0.1, 0.15) is 28.7 Å². The number of hydrogen-bond donors (Lipinski definition) is 2. The predicted octanol–water partition coefficient (Wildman–Crippen LogP) is 6.90. The molecule has 6 aromatic heterocycles. The number of methoxy groups -OCH3 is 2. The topological polar surface area (TPSA) is 192 Å². The van der Waals surface area contributed by atoms with Gasteiger partial charge in [0.2, 0.25) is 11.8 Å². The normalized spacial score (nSPS) is 22.4. The van der Waals surface area contributed by atoms with Gasteiger partial charge in [0.05, 0.1) is 48.2 Å². The van der Waals surface area contributed by atoms with Crippen molar-refractivity contribution in [2.45, 2.75) is 88.7 Å². The molecule has 14 rings (SSSR count). The number of benzene rings is 2. The van der Waals surface area contributed by atoms with Gasteiger partial charge in [-0.25, -0.2) is 9.97 Å². The Morgan fingerprint density at radius 3 is 1.96 bits per heavy atom. The highest BCUT2D eigenvalue weighted by molar-refractivity contribution is 6.01. The van der Waals surface area contributed by atoms with Gasteiger partial charge in [0, 0.05) is 99.4 Å². The first kappa shape index (κ1) is 44.0. The van der Waals surface area contributed by atoms with E-state index < -0.39 is 6.04 Å². The van der Waals surface area contributed by atoms with Crippen LogP contribution in [0.4, 0.5) is 0 Å². The number of imidazole rings is 2. The fraction of sp³-hybridized carbons (Fsp3) is 0.444. The summed E-state index contributed by atoms with van der Waals surface area (Å²) >= 11 is 0. The van der Waals surface area contributed by atoms with E-state index in [1.165, 1.54) is 12.8 Å². The zero-order valence-corrected chi connectivity index (χ0v) is 40.8. The fourth-order valence-corrected chi connectivity index (χ4v) is 11.9. The predicted molar refractivity (Wildman–Crippen MR) is 270 cm³/mol. The summed E-state index contributed by atoms with van der Waals surface area (Å²) in [6, 6.07) is 21.3. The fourth-order valence-electron chi connectivity index (χ4n) is 11.9. The molecule has 6 fully saturated rings. The van der Waals surface area contributed by atoms with Gasteiger partial charge in [-0.15, -0.1) is 0 Å². The Labute approximate surface area is 410 Å².